The number of benzene rings is 1. The van der Waals surface area contributed by atoms with E-state index in [4.69, 9.17) is 4.74 Å². The number of hydrogen-bond donors (Lipinski definition) is 2. The van der Waals surface area contributed by atoms with E-state index in [9.17, 15) is 0 Å². The summed E-state index contributed by atoms with van der Waals surface area (Å²) < 4.78 is 5.73. The Hall–Kier alpha value is -1.71. The highest BCUT2D eigenvalue weighted by atomic mass is 16.5. The molecule has 4 heteroatoms. The predicted molar refractivity (Wildman–Crippen MR) is 80.9 cm³/mol. The molecule has 0 bridgehead atoms. The summed E-state index contributed by atoms with van der Waals surface area (Å²) >= 11 is 0. The molecule has 0 aliphatic carbocycles. The molecule has 0 heterocycles. The van der Waals surface area contributed by atoms with Crippen molar-refractivity contribution in [2.45, 2.75) is 33.2 Å². The first-order chi connectivity index (χ1) is 9.13. The van der Waals surface area contributed by atoms with Gasteiger partial charge in [-0.2, -0.15) is 0 Å². The number of rotatable bonds is 6. The third kappa shape index (κ3) is 6.13. The van der Waals surface area contributed by atoms with Crippen LogP contribution in [0.4, 0.5) is 0 Å². The molecule has 0 spiro atoms. The molecule has 0 saturated carbocycles. The Morgan fingerprint density at radius 2 is 2.05 bits per heavy atom. The topological polar surface area (TPSA) is 45.7 Å². The summed E-state index contributed by atoms with van der Waals surface area (Å²) in [5.74, 6) is 1.80. The van der Waals surface area contributed by atoms with E-state index in [2.05, 4.69) is 42.5 Å². The minimum atomic E-state index is 0.384. The van der Waals surface area contributed by atoms with Crippen LogP contribution in [0.3, 0.4) is 0 Å². The number of nitrogens with one attached hydrogen (secondary N) is 2. The van der Waals surface area contributed by atoms with E-state index in [-0.39, 0.29) is 0 Å². The fourth-order valence-corrected chi connectivity index (χ4v) is 1.65. The lowest BCUT2D eigenvalue weighted by molar-refractivity contribution is 0.309. The van der Waals surface area contributed by atoms with Gasteiger partial charge in [-0.25, -0.2) is 0 Å². The maximum atomic E-state index is 5.73. The van der Waals surface area contributed by atoms with Gasteiger partial charge in [0.05, 0.1) is 6.61 Å². The Labute approximate surface area is 116 Å². The van der Waals surface area contributed by atoms with Gasteiger partial charge >= 0.3 is 0 Å². The molecule has 0 atom stereocenters. The molecule has 0 amide bonds. The van der Waals surface area contributed by atoms with Gasteiger partial charge in [0.15, 0.2) is 5.96 Å². The van der Waals surface area contributed by atoms with Gasteiger partial charge in [0.1, 0.15) is 5.75 Å². The fraction of sp³-hybridized carbons (Fsp3) is 0.533. The molecule has 0 radical (unpaired) electrons. The summed E-state index contributed by atoms with van der Waals surface area (Å²) in [5, 5.41) is 6.51. The van der Waals surface area contributed by atoms with Gasteiger partial charge in [-0.1, -0.05) is 18.2 Å². The second kappa shape index (κ2) is 8.40. The minimum absolute atomic E-state index is 0.384. The van der Waals surface area contributed by atoms with E-state index >= 15 is 0 Å². The molecule has 0 saturated heterocycles. The maximum Gasteiger partial charge on any atom is 0.191 e. The highest BCUT2D eigenvalue weighted by Gasteiger charge is 2.00. The molecular weight excluding hydrogens is 238 g/mol. The van der Waals surface area contributed by atoms with Crippen LogP contribution in [0.2, 0.25) is 0 Å². The van der Waals surface area contributed by atoms with Gasteiger partial charge in [0.2, 0.25) is 0 Å². The second-order valence-electron chi connectivity index (χ2n) is 4.77. The smallest absolute Gasteiger partial charge is 0.191 e. The van der Waals surface area contributed by atoms with Crippen LogP contribution < -0.4 is 15.4 Å². The monoisotopic (exact) mass is 263 g/mol. The van der Waals surface area contributed by atoms with Crippen LogP contribution in [0, 0.1) is 6.92 Å². The lowest BCUT2D eigenvalue weighted by Gasteiger charge is -2.14. The second-order valence-corrected chi connectivity index (χ2v) is 4.77. The fourth-order valence-electron chi connectivity index (χ4n) is 1.65. The van der Waals surface area contributed by atoms with Crippen molar-refractivity contribution < 1.29 is 4.74 Å². The average Bonchev–Trinajstić information content (AvgIpc) is 2.38. The minimum Gasteiger partial charge on any atom is -0.493 e. The van der Waals surface area contributed by atoms with Crippen LogP contribution in [-0.2, 0) is 0 Å². The van der Waals surface area contributed by atoms with Crippen molar-refractivity contribution in [2.75, 3.05) is 20.2 Å². The SMILES string of the molecule is CN=C(NCCCOc1ccccc1C)NC(C)C. The molecule has 0 aliphatic heterocycles. The van der Waals surface area contributed by atoms with Gasteiger partial charge in [-0.15, -0.1) is 0 Å². The number of aryl methyl sites for hydroxylation is 1. The van der Waals surface area contributed by atoms with Crippen LogP contribution >= 0.6 is 0 Å². The summed E-state index contributed by atoms with van der Waals surface area (Å²) in [6.45, 7) is 7.79. The van der Waals surface area contributed by atoms with Crippen molar-refractivity contribution in [2.24, 2.45) is 4.99 Å². The summed E-state index contributed by atoms with van der Waals surface area (Å²) in [6.07, 6.45) is 0.938. The average molecular weight is 263 g/mol. The van der Waals surface area contributed by atoms with Crippen LogP contribution in [0.1, 0.15) is 25.8 Å². The number of aliphatic imine (C=N–C) groups is 1. The van der Waals surface area contributed by atoms with Gasteiger partial charge in [-0.05, 0) is 38.8 Å². The van der Waals surface area contributed by atoms with Crippen molar-refractivity contribution in [1.82, 2.24) is 10.6 Å². The van der Waals surface area contributed by atoms with Crippen molar-refractivity contribution in [3.8, 4) is 5.75 Å². The van der Waals surface area contributed by atoms with Crippen LogP contribution in [0.15, 0.2) is 29.3 Å². The first-order valence-electron chi connectivity index (χ1n) is 6.79. The van der Waals surface area contributed by atoms with E-state index in [1.165, 1.54) is 5.56 Å². The molecule has 2 N–H and O–H groups in total. The zero-order valence-corrected chi connectivity index (χ0v) is 12.4. The Morgan fingerprint density at radius 1 is 1.32 bits per heavy atom. The molecule has 1 aromatic carbocycles. The zero-order valence-electron chi connectivity index (χ0n) is 12.4. The van der Waals surface area contributed by atoms with Crippen LogP contribution in [-0.4, -0.2) is 32.2 Å². The first kappa shape index (κ1) is 15.3. The Balaban J connectivity index is 2.19. The standard InChI is InChI=1S/C15H25N3O/c1-12(2)18-15(16-4)17-10-7-11-19-14-9-6-5-8-13(14)3/h5-6,8-9,12H,7,10-11H2,1-4H3,(H2,16,17,18). The van der Waals surface area contributed by atoms with Crippen molar-refractivity contribution in [1.29, 1.82) is 0 Å². The van der Waals surface area contributed by atoms with E-state index in [0.29, 0.717) is 12.6 Å². The number of ether oxygens (including phenoxy) is 1. The molecule has 4 nitrogen and oxygen atoms in total. The maximum absolute atomic E-state index is 5.73. The Morgan fingerprint density at radius 3 is 2.68 bits per heavy atom. The van der Waals surface area contributed by atoms with E-state index in [1.807, 2.05) is 18.2 Å². The third-order valence-electron chi connectivity index (χ3n) is 2.61. The van der Waals surface area contributed by atoms with E-state index in [0.717, 1.165) is 24.7 Å². The molecular formula is C15H25N3O. The van der Waals surface area contributed by atoms with Crippen LogP contribution in [0.5, 0.6) is 5.75 Å². The lowest BCUT2D eigenvalue weighted by atomic mass is 10.2. The van der Waals surface area contributed by atoms with Crippen molar-refractivity contribution >= 4 is 5.96 Å². The molecule has 0 fully saturated rings. The number of para-hydroxylation sites is 1. The first-order valence-corrected chi connectivity index (χ1v) is 6.79. The number of nitrogens with zero attached hydrogens (tertiary/aromatic N) is 1. The number of hydrogen-bond acceptors (Lipinski definition) is 2. The molecule has 0 unspecified atom stereocenters. The van der Waals surface area contributed by atoms with Crippen molar-refractivity contribution in [3.63, 3.8) is 0 Å². The van der Waals surface area contributed by atoms with Gasteiger partial charge in [0.25, 0.3) is 0 Å². The summed E-state index contributed by atoms with van der Waals surface area (Å²) in [6, 6.07) is 8.46. The molecule has 0 aromatic heterocycles. The highest BCUT2D eigenvalue weighted by molar-refractivity contribution is 5.79. The largest absolute Gasteiger partial charge is 0.493 e. The molecule has 106 valence electrons. The number of guanidine groups is 1. The summed E-state index contributed by atoms with van der Waals surface area (Å²) in [7, 11) is 1.78. The van der Waals surface area contributed by atoms with Gasteiger partial charge in [0, 0.05) is 19.6 Å². The van der Waals surface area contributed by atoms with Gasteiger partial charge < -0.3 is 15.4 Å². The van der Waals surface area contributed by atoms with Crippen LogP contribution in [0.25, 0.3) is 0 Å². The molecule has 1 rings (SSSR count). The molecule has 1 aromatic rings. The predicted octanol–water partition coefficient (Wildman–Crippen LogP) is 2.34. The highest BCUT2D eigenvalue weighted by Crippen LogP contribution is 2.15. The lowest BCUT2D eigenvalue weighted by Crippen LogP contribution is -2.41. The Bertz CT molecular complexity index is 402. The molecule has 19 heavy (non-hydrogen) atoms. The Kier molecular flexibility index (Phi) is 6.79. The molecule has 0 aliphatic rings. The van der Waals surface area contributed by atoms with Crippen molar-refractivity contribution in [3.05, 3.63) is 29.8 Å². The third-order valence-corrected chi connectivity index (χ3v) is 2.61. The normalized spacial score (nSPS) is 11.5. The van der Waals surface area contributed by atoms with E-state index < -0.39 is 0 Å². The summed E-state index contributed by atoms with van der Waals surface area (Å²) in [4.78, 5) is 4.15. The quantitative estimate of drug-likeness (QED) is 0.470. The van der Waals surface area contributed by atoms with Gasteiger partial charge in [-0.3, -0.25) is 4.99 Å². The zero-order chi connectivity index (χ0) is 14.1. The summed E-state index contributed by atoms with van der Waals surface area (Å²) in [5.41, 5.74) is 1.17. The van der Waals surface area contributed by atoms with E-state index in [1.54, 1.807) is 7.05 Å².